The highest BCUT2D eigenvalue weighted by Crippen LogP contribution is 2.37. The molecule has 1 saturated carbocycles. The number of carbonyl (C=O) groups excluding carboxylic acids is 1. The molecule has 1 fully saturated rings. The standard InChI is InChI=1S/C11H21NO/c1-9(2)8-12-10(13)11(3)6-4-5-7-11/h9H,4-8H2,1-3H3,(H,12,13). The Morgan fingerprint density at radius 1 is 1.38 bits per heavy atom. The van der Waals surface area contributed by atoms with Crippen molar-refractivity contribution in [1.82, 2.24) is 5.32 Å². The molecule has 0 radical (unpaired) electrons. The number of hydrogen-bond donors (Lipinski definition) is 1. The van der Waals surface area contributed by atoms with E-state index in [4.69, 9.17) is 0 Å². The number of rotatable bonds is 3. The van der Waals surface area contributed by atoms with Crippen molar-refractivity contribution in [2.45, 2.75) is 46.5 Å². The highest BCUT2D eigenvalue weighted by atomic mass is 16.2. The zero-order valence-corrected chi connectivity index (χ0v) is 9.02. The van der Waals surface area contributed by atoms with E-state index < -0.39 is 0 Å². The Morgan fingerprint density at radius 3 is 2.38 bits per heavy atom. The summed E-state index contributed by atoms with van der Waals surface area (Å²) in [6.07, 6.45) is 4.56. The molecule has 1 N–H and O–H groups in total. The zero-order chi connectivity index (χ0) is 9.90. The summed E-state index contributed by atoms with van der Waals surface area (Å²) in [5.41, 5.74) is -0.0606. The SMILES string of the molecule is CC(C)CNC(=O)C1(C)CCCC1. The van der Waals surface area contributed by atoms with Crippen LogP contribution in [0, 0.1) is 11.3 Å². The summed E-state index contributed by atoms with van der Waals surface area (Å²) in [4.78, 5) is 11.8. The van der Waals surface area contributed by atoms with Crippen LogP contribution in [0.4, 0.5) is 0 Å². The summed E-state index contributed by atoms with van der Waals surface area (Å²) < 4.78 is 0. The van der Waals surface area contributed by atoms with E-state index in [9.17, 15) is 4.79 Å². The number of amides is 1. The van der Waals surface area contributed by atoms with Gasteiger partial charge in [0.05, 0.1) is 0 Å². The van der Waals surface area contributed by atoms with Gasteiger partial charge in [-0.05, 0) is 18.8 Å². The van der Waals surface area contributed by atoms with Crippen molar-refractivity contribution in [2.24, 2.45) is 11.3 Å². The average molecular weight is 183 g/mol. The van der Waals surface area contributed by atoms with Crippen LogP contribution in [0.2, 0.25) is 0 Å². The summed E-state index contributed by atoms with van der Waals surface area (Å²) >= 11 is 0. The van der Waals surface area contributed by atoms with Crippen molar-refractivity contribution in [1.29, 1.82) is 0 Å². The molecule has 0 aromatic carbocycles. The average Bonchev–Trinajstić information content (AvgIpc) is 2.49. The molecule has 76 valence electrons. The first-order valence-corrected chi connectivity index (χ1v) is 5.33. The highest BCUT2D eigenvalue weighted by molar-refractivity contribution is 5.82. The van der Waals surface area contributed by atoms with Crippen LogP contribution >= 0.6 is 0 Å². The lowest BCUT2D eigenvalue weighted by molar-refractivity contribution is -0.130. The summed E-state index contributed by atoms with van der Waals surface area (Å²) in [6, 6.07) is 0. The van der Waals surface area contributed by atoms with Gasteiger partial charge in [-0.15, -0.1) is 0 Å². The topological polar surface area (TPSA) is 29.1 Å². The summed E-state index contributed by atoms with van der Waals surface area (Å²) in [6.45, 7) is 7.15. The first-order chi connectivity index (χ1) is 6.04. The Labute approximate surface area is 81.1 Å². The Kier molecular flexibility index (Phi) is 3.34. The van der Waals surface area contributed by atoms with Gasteiger partial charge >= 0.3 is 0 Å². The first kappa shape index (κ1) is 10.6. The number of hydrogen-bond acceptors (Lipinski definition) is 1. The van der Waals surface area contributed by atoms with E-state index in [0.717, 1.165) is 19.4 Å². The van der Waals surface area contributed by atoms with Gasteiger partial charge in [0.15, 0.2) is 0 Å². The zero-order valence-electron chi connectivity index (χ0n) is 9.02. The fraction of sp³-hybridized carbons (Fsp3) is 0.909. The fourth-order valence-corrected chi connectivity index (χ4v) is 1.89. The monoisotopic (exact) mass is 183 g/mol. The van der Waals surface area contributed by atoms with Crippen molar-refractivity contribution in [3.8, 4) is 0 Å². The van der Waals surface area contributed by atoms with E-state index in [-0.39, 0.29) is 11.3 Å². The van der Waals surface area contributed by atoms with Crippen LogP contribution in [0.15, 0.2) is 0 Å². The molecule has 1 aliphatic rings. The molecule has 13 heavy (non-hydrogen) atoms. The van der Waals surface area contributed by atoms with Gasteiger partial charge in [0.2, 0.25) is 5.91 Å². The van der Waals surface area contributed by atoms with Crippen LogP contribution in [-0.2, 0) is 4.79 Å². The van der Waals surface area contributed by atoms with Crippen LogP contribution in [0.5, 0.6) is 0 Å². The molecule has 0 spiro atoms. The minimum Gasteiger partial charge on any atom is -0.355 e. The van der Waals surface area contributed by atoms with Crippen molar-refractivity contribution in [2.75, 3.05) is 6.54 Å². The van der Waals surface area contributed by atoms with Gasteiger partial charge in [0.1, 0.15) is 0 Å². The third-order valence-electron chi connectivity index (χ3n) is 2.93. The van der Waals surface area contributed by atoms with Gasteiger partial charge in [-0.2, -0.15) is 0 Å². The first-order valence-electron chi connectivity index (χ1n) is 5.33. The van der Waals surface area contributed by atoms with E-state index in [1.54, 1.807) is 0 Å². The molecule has 1 aliphatic carbocycles. The smallest absolute Gasteiger partial charge is 0.225 e. The maximum atomic E-state index is 11.8. The van der Waals surface area contributed by atoms with Crippen LogP contribution in [-0.4, -0.2) is 12.5 Å². The lowest BCUT2D eigenvalue weighted by atomic mass is 9.88. The molecule has 2 nitrogen and oxygen atoms in total. The van der Waals surface area contributed by atoms with Gasteiger partial charge in [-0.1, -0.05) is 33.6 Å². The summed E-state index contributed by atoms with van der Waals surface area (Å²) in [5, 5.41) is 3.03. The van der Waals surface area contributed by atoms with Gasteiger partial charge < -0.3 is 5.32 Å². The number of nitrogens with one attached hydrogen (secondary N) is 1. The predicted molar refractivity (Wildman–Crippen MR) is 54.4 cm³/mol. The van der Waals surface area contributed by atoms with E-state index in [0.29, 0.717) is 5.92 Å². The third-order valence-corrected chi connectivity index (χ3v) is 2.93. The molecule has 0 aromatic rings. The molecule has 0 aromatic heterocycles. The van der Waals surface area contributed by atoms with E-state index in [2.05, 4.69) is 26.1 Å². The molecule has 1 amide bonds. The third kappa shape index (κ3) is 2.71. The summed E-state index contributed by atoms with van der Waals surface area (Å²) in [7, 11) is 0. The Hall–Kier alpha value is -0.530. The minimum atomic E-state index is -0.0606. The lowest BCUT2D eigenvalue weighted by Crippen LogP contribution is -2.38. The molecule has 0 bridgehead atoms. The highest BCUT2D eigenvalue weighted by Gasteiger charge is 2.35. The quantitative estimate of drug-likeness (QED) is 0.715. The van der Waals surface area contributed by atoms with Crippen LogP contribution in [0.3, 0.4) is 0 Å². The van der Waals surface area contributed by atoms with Crippen LogP contribution < -0.4 is 5.32 Å². The molecule has 0 heterocycles. The van der Waals surface area contributed by atoms with Crippen LogP contribution in [0.1, 0.15) is 46.5 Å². The van der Waals surface area contributed by atoms with E-state index in [1.807, 2.05) is 0 Å². The summed E-state index contributed by atoms with van der Waals surface area (Å²) in [5.74, 6) is 0.813. The molecule has 2 heteroatoms. The van der Waals surface area contributed by atoms with Crippen molar-refractivity contribution < 1.29 is 4.79 Å². The molecular formula is C11H21NO. The Balaban J connectivity index is 2.38. The fourth-order valence-electron chi connectivity index (χ4n) is 1.89. The second kappa shape index (κ2) is 4.12. The van der Waals surface area contributed by atoms with Gasteiger partial charge in [0.25, 0.3) is 0 Å². The van der Waals surface area contributed by atoms with Gasteiger partial charge in [-0.3, -0.25) is 4.79 Å². The lowest BCUT2D eigenvalue weighted by Gasteiger charge is -2.22. The second-order valence-electron chi connectivity index (χ2n) is 4.87. The van der Waals surface area contributed by atoms with Gasteiger partial charge in [0, 0.05) is 12.0 Å². The second-order valence-corrected chi connectivity index (χ2v) is 4.87. The normalized spacial score (nSPS) is 20.6. The molecule has 1 rings (SSSR count). The van der Waals surface area contributed by atoms with Crippen LogP contribution in [0.25, 0.3) is 0 Å². The van der Waals surface area contributed by atoms with Crippen molar-refractivity contribution in [3.05, 3.63) is 0 Å². The van der Waals surface area contributed by atoms with Gasteiger partial charge in [-0.25, -0.2) is 0 Å². The molecule has 0 saturated heterocycles. The molecular weight excluding hydrogens is 162 g/mol. The largest absolute Gasteiger partial charge is 0.355 e. The molecule has 0 atom stereocenters. The number of carbonyl (C=O) groups is 1. The predicted octanol–water partition coefficient (Wildman–Crippen LogP) is 2.34. The Morgan fingerprint density at radius 2 is 1.92 bits per heavy atom. The minimum absolute atomic E-state index is 0.0606. The Bertz CT molecular complexity index is 181. The molecule has 0 unspecified atom stereocenters. The van der Waals surface area contributed by atoms with E-state index >= 15 is 0 Å². The maximum Gasteiger partial charge on any atom is 0.225 e. The maximum absolute atomic E-state index is 11.8. The van der Waals surface area contributed by atoms with Crippen molar-refractivity contribution >= 4 is 5.91 Å². The van der Waals surface area contributed by atoms with E-state index in [1.165, 1.54) is 12.8 Å². The van der Waals surface area contributed by atoms with Crippen molar-refractivity contribution in [3.63, 3.8) is 0 Å². The molecule has 0 aliphatic heterocycles.